The lowest BCUT2D eigenvalue weighted by molar-refractivity contribution is 0.344. The lowest BCUT2D eigenvalue weighted by Gasteiger charge is -2.34. The first kappa shape index (κ1) is 15.1. The van der Waals surface area contributed by atoms with Crippen LogP contribution in [0.25, 0.3) is 10.2 Å². The number of nitrogens with zero attached hydrogens (tertiary/aromatic N) is 5. The topological polar surface area (TPSA) is 54.4 Å². The van der Waals surface area contributed by atoms with Crippen LogP contribution in [0.5, 0.6) is 5.75 Å². The van der Waals surface area contributed by atoms with Crippen LogP contribution in [-0.2, 0) is 0 Å². The number of fused-ring (bicyclic) bond motifs is 1. The standard InChI is InChI=1S/C17H19N5OS/c1-2-23-13-5-3-6-14-15(13)20-17(24-14)22-11-9-21(10-12-22)16-18-7-4-8-19-16/h3-8H,2,9-12H2,1H3. The zero-order valence-electron chi connectivity index (χ0n) is 13.6. The second-order valence-electron chi connectivity index (χ2n) is 5.56. The van der Waals surface area contributed by atoms with Crippen molar-refractivity contribution in [2.75, 3.05) is 42.6 Å². The quantitative estimate of drug-likeness (QED) is 0.727. The molecule has 0 N–H and O–H groups in total. The number of aromatic nitrogens is 3. The first-order valence-electron chi connectivity index (χ1n) is 8.14. The van der Waals surface area contributed by atoms with Gasteiger partial charge in [0, 0.05) is 38.6 Å². The van der Waals surface area contributed by atoms with Gasteiger partial charge in [0.15, 0.2) is 5.13 Å². The van der Waals surface area contributed by atoms with Crippen LogP contribution in [0, 0.1) is 0 Å². The van der Waals surface area contributed by atoms with E-state index in [2.05, 4.69) is 25.8 Å². The van der Waals surface area contributed by atoms with Gasteiger partial charge in [0.1, 0.15) is 11.3 Å². The third-order valence-corrected chi connectivity index (χ3v) is 5.14. The summed E-state index contributed by atoms with van der Waals surface area (Å²) < 4.78 is 6.87. The SMILES string of the molecule is CCOc1cccc2sc(N3CCN(c4ncccn4)CC3)nc12. The second-order valence-corrected chi connectivity index (χ2v) is 6.56. The van der Waals surface area contributed by atoms with E-state index in [1.165, 1.54) is 4.70 Å². The molecule has 2 aromatic heterocycles. The molecule has 0 unspecified atom stereocenters. The normalized spacial score (nSPS) is 15.0. The van der Waals surface area contributed by atoms with Crippen molar-refractivity contribution in [1.82, 2.24) is 15.0 Å². The van der Waals surface area contributed by atoms with Gasteiger partial charge in [0.2, 0.25) is 5.95 Å². The molecule has 0 atom stereocenters. The van der Waals surface area contributed by atoms with Crippen molar-refractivity contribution in [2.45, 2.75) is 6.92 Å². The molecular formula is C17H19N5OS. The van der Waals surface area contributed by atoms with Crippen molar-refractivity contribution in [2.24, 2.45) is 0 Å². The Hall–Kier alpha value is -2.41. The number of piperazine rings is 1. The summed E-state index contributed by atoms with van der Waals surface area (Å²) in [7, 11) is 0. The Kier molecular flexibility index (Phi) is 4.17. The third kappa shape index (κ3) is 2.87. The molecule has 7 heteroatoms. The molecule has 3 aromatic rings. The molecule has 3 heterocycles. The fourth-order valence-corrected chi connectivity index (χ4v) is 3.91. The Morgan fingerprint density at radius 1 is 1.04 bits per heavy atom. The van der Waals surface area contributed by atoms with Crippen molar-refractivity contribution in [3.63, 3.8) is 0 Å². The van der Waals surface area contributed by atoms with E-state index >= 15 is 0 Å². The van der Waals surface area contributed by atoms with E-state index in [1.807, 2.05) is 25.1 Å². The van der Waals surface area contributed by atoms with E-state index < -0.39 is 0 Å². The number of hydrogen-bond donors (Lipinski definition) is 0. The van der Waals surface area contributed by atoms with Crippen LogP contribution in [0.3, 0.4) is 0 Å². The predicted octanol–water partition coefficient (Wildman–Crippen LogP) is 2.81. The summed E-state index contributed by atoms with van der Waals surface area (Å²) >= 11 is 1.73. The number of ether oxygens (including phenoxy) is 1. The van der Waals surface area contributed by atoms with Gasteiger partial charge in [0.25, 0.3) is 0 Å². The summed E-state index contributed by atoms with van der Waals surface area (Å²) in [6.45, 7) is 6.29. The third-order valence-electron chi connectivity index (χ3n) is 4.06. The van der Waals surface area contributed by atoms with Crippen molar-refractivity contribution in [1.29, 1.82) is 0 Å². The van der Waals surface area contributed by atoms with Crippen LogP contribution in [0.2, 0.25) is 0 Å². The summed E-state index contributed by atoms with van der Waals surface area (Å²) in [6.07, 6.45) is 3.58. The Labute approximate surface area is 144 Å². The maximum absolute atomic E-state index is 5.70. The number of benzene rings is 1. The van der Waals surface area contributed by atoms with Gasteiger partial charge in [-0.1, -0.05) is 17.4 Å². The van der Waals surface area contributed by atoms with Crippen molar-refractivity contribution >= 4 is 32.6 Å². The summed E-state index contributed by atoms with van der Waals surface area (Å²) in [4.78, 5) is 18.0. The predicted molar refractivity (Wildman–Crippen MR) is 97.2 cm³/mol. The van der Waals surface area contributed by atoms with Gasteiger partial charge in [-0.3, -0.25) is 0 Å². The highest BCUT2D eigenvalue weighted by Crippen LogP contribution is 2.34. The largest absolute Gasteiger partial charge is 0.492 e. The first-order chi connectivity index (χ1) is 11.8. The van der Waals surface area contributed by atoms with Gasteiger partial charge in [-0.15, -0.1) is 0 Å². The van der Waals surface area contributed by atoms with Crippen LogP contribution in [-0.4, -0.2) is 47.7 Å². The number of para-hydroxylation sites is 1. The average molecular weight is 341 g/mol. The number of rotatable bonds is 4. The van der Waals surface area contributed by atoms with Crippen molar-refractivity contribution in [3.8, 4) is 5.75 Å². The number of hydrogen-bond acceptors (Lipinski definition) is 7. The van der Waals surface area contributed by atoms with Crippen LogP contribution < -0.4 is 14.5 Å². The van der Waals surface area contributed by atoms with Gasteiger partial charge in [-0.2, -0.15) is 0 Å². The van der Waals surface area contributed by atoms with E-state index in [0.717, 1.165) is 48.5 Å². The fraction of sp³-hybridized carbons (Fsp3) is 0.353. The van der Waals surface area contributed by atoms with Gasteiger partial charge in [-0.05, 0) is 25.1 Å². The molecule has 1 fully saturated rings. The lowest BCUT2D eigenvalue weighted by atomic mass is 10.3. The molecule has 0 saturated carbocycles. The molecule has 4 rings (SSSR count). The highest BCUT2D eigenvalue weighted by molar-refractivity contribution is 7.22. The van der Waals surface area contributed by atoms with Gasteiger partial charge in [-0.25, -0.2) is 15.0 Å². The smallest absolute Gasteiger partial charge is 0.225 e. The van der Waals surface area contributed by atoms with Crippen LogP contribution in [0.4, 0.5) is 11.1 Å². The molecule has 124 valence electrons. The molecule has 0 spiro atoms. The summed E-state index contributed by atoms with van der Waals surface area (Å²) in [6, 6.07) is 7.96. The second kappa shape index (κ2) is 6.60. The average Bonchev–Trinajstić information content (AvgIpc) is 3.08. The van der Waals surface area contributed by atoms with E-state index in [9.17, 15) is 0 Å². The van der Waals surface area contributed by atoms with Gasteiger partial charge < -0.3 is 14.5 Å². The summed E-state index contributed by atoms with van der Waals surface area (Å²) in [5, 5.41) is 1.06. The van der Waals surface area contributed by atoms with Crippen LogP contribution in [0.1, 0.15) is 6.92 Å². The summed E-state index contributed by atoms with van der Waals surface area (Å²) in [5.74, 6) is 1.67. The zero-order chi connectivity index (χ0) is 16.4. The van der Waals surface area contributed by atoms with E-state index in [0.29, 0.717) is 6.61 Å². The first-order valence-corrected chi connectivity index (χ1v) is 8.96. The Balaban J connectivity index is 1.51. The van der Waals surface area contributed by atoms with Crippen LogP contribution in [0.15, 0.2) is 36.7 Å². The lowest BCUT2D eigenvalue weighted by Crippen LogP contribution is -2.47. The monoisotopic (exact) mass is 341 g/mol. The molecule has 0 aliphatic carbocycles. The molecular weight excluding hydrogens is 322 g/mol. The van der Waals surface area contributed by atoms with Crippen LogP contribution >= 0.6 is 11.3 Å². The summed E-state index contributed by atoms with van der Waals surface area (Å²) in [5.41, 5.74) is 0.966. The fourth-order valence-electron chi connectivity index (χ4n) is 2.87. The molecule has 24 heavy (non-hydrogen) atoms. The Morgan fingerprint density at radius 3 is 2.54 bits per heavy atom. The minimum atomic E-state index is 0.654. The zero-order valence-corrected chi connectivity index (χ0v) is 14.4. The molecule has 1 aromatic carbocycles. The van der Waals surface area contributed by atoms with Crippen molar-refractivity contribution in [3.05, 3.63) is 36.7 Å². The van der Waals surface area contributed by atoms with E-state index in [4.69, 9.17) is 9.72 Å². The molecule has 1 aliphatic rings. The van der Waals surface area contributed by atoms with Crippen molar-refractivity contribution < 1.29 is 4.74 Å². The highest BCUT2D eigenvalue weighted by Gasteiger charge is 2.21. The van der Waals surface area contributed by atoms with Gasteiger partial charge >= 0.3 is 0 Å². The molecule has 0 bridgehead atoms. The Morgan fingerprint density at radius 2 is 1.79 bits per heavy atom. The maximum atomic E-state index is 5.70. The van der Waals surface area contributed by atoms with Gasteiger partial charge in [0.05, 0.1) is 11.3 Å². The molecule has 1 aliphatic heterocycles. The number of thiazole rings is 1. The molecule has 0 radical (unpaired) electrons. The maximum Gasteiger partial charge on any atom is 0.225 e. The van der Waals surface area contributed by atoms with E-state index in [1.54, 1.807) is 23.7 Å². The number of anilines is 2. The van der Waals surface area contributed by atoms with E-state index in [-0.39, 0.29) is 0 Å². The molecule has 0 amide bonds. The molecule has 1 saturated heterocycles. The highest BCUT2D eigenvalue weighted by atomic mass is 32.1. The Bertz CT molecular complexity index is 814. The minimum Gasteiger partial charge on any atom is -0.492 e. The molecule has 6 nitrogen and oxygen atoms in total. The minimum absolute atomic E-state index is 0.654.